The summed E-state index contributed by atoms with van der Waals surface area (Å²) in [6.07, 6.45) is -4.50. The molecular weight excluding hydrogens is 263 g/mol. The van der Waals surface area contributed by atoms with E-state index in [1.165, 1.54) is 6.07 Å². The third kappa shape index (κ3) is 2.19. The highest BCUT2D eigenvalue weighted by atomic mass is 79.9. The number of rotatable bonds is 1. The summed E-state index contributed by atoms with van der Waals surface area (Å²) in [5, 5.41) is 8.76. The fourth-order valence-corrected chi connectivity index (χ4v) is 1.56. The van der Waals surface area contributed by atoms with Gasteiger partial charge in [-0.1, -0.05) is 15.9 Å². The standard InChI is InChI=1S/C8H7BrF3NO/c9-4-1-6(8(10,11)12)5(3-14)7(13)2-4/h1-2,14H,3,13H2. The van der Waals surface area contributed by atoms with Crippen molar-refractivity contribution in [3.05, 3.63) is 27.7 Å². The number of aliphatic hydroxyl groups is 1. The van der Waals surface area contributed by atoms with Gasteiger partial charge in [-0.25, -0.2) is 0 Å². The van der Waals surface area contributed by atoms with Crippen LogP contribution in [0.5, 0.6) is 0 Å². The van der Waals surface area contributed by atoms with Crippen LogP contribution in [0.3, 0.4) is 0 Å². The predicted octanol–water partition coefficient (Wildman–Crippen LogP) is 2.54. The van der Waals surface area contributed by atoms with E-state index >= 15 is 0 Å². The Morgan fingerprint density at radius 1 is 1.36 bits per heavy atom. The van der Waals surface area contributed by atoms with Crippen molar-refractivity contribution in [2.24, 2.45) is 0 Å². The predicted molar refractivity (Wildman–Crippen MR) is 49.5 cm³/mol. The minimum Gasteiger partial charge on any atom is -0.398 e. The Morgan fingerprint density at radius 2 is 1.93 bits per heavy atom. The van der Waals surface area contributed by atoms with Crippen molar-refractivity contribution in [1.29, 1.82) is 0 Å². The van der Waals surface area contributed by atoms with Gasteiger partial charge in [0.1, 0.15) is 0 Å². The molecule has 0 bridgehead atoms. The van der Waals surface area contributed by atoms with Crippen LogP contribution in [0, 0.1) is 0 Å². The van der Waals surface area contributed by atoms with E-state index in [0.717, 1.165) is 6.07 Å². The number of hydrogen-bond acceptors (Lipinski definition) is 2. The van der Waals surface area contributed by atoms with E-state index in [2.05, 4.69) is 15.9 Å². The van der Waals surface area contributed by atoms with Crippen LogP contribution in [0.15, 0.2) is 16.6 Å². The van der Waals surface area contributed by atoms with E-state index < -0.39 is 18.3 Å². The Morgan fingerprint density at radius 3 is 2.36 bits per heavy atom. The lowest BCUT2D eigenvalue weighted by molar-refractivity contribution is -0.138. The number of nitrogens with two attached hydrogens (primary N) is 1. The molecular formula is C8H7BrF3NO. The van der Waals surface area contributed by atoms with E-state index in [-0.39, 0.29) is 15.7 Å². The number of nitrogen functional groups attached to an aromatic ring is 1. The van der Waals surface area contributed by atoms with Crippen molar-refractivity contribution in [3.63, 3.8) is 0 Å². The minimum absolute atomic E-state index is 0.0748. The molecule has 6 heteroatoms. The fraction of sp³-hybridized carbons (Fsp3) is 0.250. The molecule has 0 aromatic heterocycles. The molecule has 0 aliphatic rings. The largest absolute Gasteiger partial charge is 0.416 e. The molecule has 0 heterocycles. The summed E-state index contributed by atoms with van der Waals surface area (Å²) in [6.45, 7) is -0.728. The molecule has 0 saturated heterocycles. The Bertz CT molecular complexity index is 351. The highest BCUT2D eigenvalue weighted by Gasteiger charge is 2.34. The third-order valence-corrected chi connectivity index (χ3v) is 2.17. The number of benzene rings is 1. The monoisotopic (exact) mass is 269 g/mol. The van der Waals surface area contributed by atoms with Crippen molar-refractivity contribution in [2.75, 3.05) is 5.73 Å². The molecule has 0 fully saturated rings. The maximum atomic E-state index is 12.4. The van der Waals surface area contributed by atoms with E-state index in [0.29, 0.717) is 0 Å². The normalized spacial score (nSPS) is 11.8. The highest BCUT2D eigenvalue weighted by molar-refractivity contribution is 9.10. The van der Waals surface area contributed by atoms with Gasteiger partial charge < -0.3 is 10.8 Å². The quantitative estimate of drug-likeness (QED) is 0.770. The van der Waals surface area contributed by atoms with Gasteiger partial charge in [0.25, 0.3) is 0 Å². The molecule has 0 saturated carbocycles. The van der Waals surface area contributed by atoms with Crippen molar-refractivity contribution < 1.29 is 18.3 Å². The maximum absolute atomic E-state index is 12.4. The molecule has 0 atom stereocenters. The van der Waals surface area contributed by atoms with Gasteiger partial charge in [0.15, 0.2) is 0 Å². The summed E-state index contributed by atoms with van der Waals surface area (Å²) in [4.78, 5) is 0. The number of anilines is 1. The van der Waals surface area contributed by atoms with Crippen molar-refractivity contribution in [1.82, 2.24) is 0 Å². The zero-order valence-corrected chi connectivity index (χ0v) is 8.48. The first-order valence-electron chi connectivity index (χ1n) is 3.62. The zero-order chi connectivity index (χ0) is 10.9. The summed E-state index contributed by atoms with van der Waals surface area (Å²) in [5.74, 6) is 0. The lowest BCUT2D eigenvalue weighted by Gasteiger charge is -2.13. The minimum atomic E-state index is -4.50. The molecule has 0 spiro atoms. The Kier molecular flexibility index (Phi) is 3.06. The Labute approximate surface area is 86.7 Å². The summed E-state index contributed by atoms with van der Waals surface area (Å²) < 4.78 is 37.5. The van der Waals surface area contributed by atoms with E-state index in [9.17, 15) is 13.2 Å². The number of halogens is 4. The molecule has 1 rings (SSSR count). The first-order chi connectivity index (χ1) is 6.36. The average molecular weight is 270 g/mol. The highest BCUT2D eigenvalue weighted by Crippen LogP contribution is 2.36. The molecule has 0 radical (unpaired) electrons. The van der Waals surface area contributed by atoms with Crippen LogP contribution in [-0.2, 0) is 12.8 Å². The third-order valence-electron chi connectivity index (χ3n) is 1.71. The molecule has 3 N–H and O–H groups in total. The molecule has 0 amide bonds. The second-order valence-electron chi connectivity index (χ2n) is 2.68. The van der Waals surface area contributed by atoms with E-state index in [1.807, 2.05) is 0 Å². The molecule has 0 aliphatic heterocycles. The topological polar surface area (TPSA) is 46.2 Å². The smallest absolute Gasteiger partial charge is 0.398 e. The van der Waals surface area contributed by atoms with Gasteiger partial charge in [-0.15, -0.1) is 0 Å². The van der Waals surface area contributed by atoms with Gasteiger partial charge in [-0.2, -0.15) is 13.2 Å². The van der Waals surface area contributed by atoms with Gasteiger partial charge in [0.2, 0.25) is 0 Å². The van der Waals surface area contributed by atoms with E-state index in [1.54, 1.807) is 0 Å². The van der Waals surface area contributed by atoms with Crippen LogP contribution in [-0.4, -0.2) is 5.11 Å². The summed E-state index contributed by atoms with van der Waals surface area (Å²) in [6, 6.07) is 2.21. The molecule has 2 nitrogen and oxygen atoms in total. The Hall–Kier alpha value is -0.750. The first kappa shape index (κ1) is 11.3. The molecule has 1 aromatic carbocycles. The zero-order valence-electron chi connectivity index (χ0n) is 6.90. The maximum Gasteiger partial charge on any atom is 0.416 e. The van der Waals surface area contributed by atoms with Crippen molar-refractivity contribution in [3.8, 4) is 0 Å². The Balaban J connectivity index is 3.40. The van der Waals surface area contributed by atoms with Gasteiger partial charge in [0.05, 0.1) is 12.2 Å². The van der Waals surface area contributed by atoms with Crippen molar-refractivity contribution >= 4 is 21.6 Å². The number of alkyl halides is 3. The number of hydrogen-bond donors (Lipinski definition) is 2. The van der Waals surface area contributed by atoms with Crippen LogP contribution in [0.1, 0.15) is 11.1 Å². The van der Waals surface area contributed by atoms with Crippen LogP contribution in [0.4, 0.5) is 18.9 Å². The van der Waals surface area contributed by atoms with Gasteiger partial charge in [-0.3, -0.25) is 0 Å². The fourth-order valence-electron chi connectivity index (χ4n) is 1.09. The lowest BCUT2D eigenvalue weighted by atomic mass is 10.1. The molecule has 1 aromatic rings. The van der Waals surface area contributed by atoms with Crippen LogP contribution >= 0.6 is 15.9 Å². The lowest BCUT2D eigenvalue weighted by Crippen LogP contribution is -2.11. The molecule has 0 unspecified atom stereocenters. The summed E-state index contributed by atoms with van der Waals surface area (Å²) in [5.41, 5.74) is 4.06. The molecule has 0 aliphatic carbocycles. The van der Waals surface area contributed by atoms with Gasteiger partial charge >= 0.3 is 6.18 Å². The van der Waals surface area contributed by atoms with E-state index in [4.69, 9.17) is 10.8 Å². The summed E-state index contributed by atoms with van der Waals surface area (Å²) >= 11 is 2.91. The van der Waals surface area contributed by atoms with Crippen molar-refractivity contribution in [2.45, 2.75) is 12.8 Å². The van der Waals surface area contributed by atoms with Crippen LogP contribution in [0.25, 0.3) is 0 Å². The number of aliphatic hydroxyl groups excluding tert-OH is 1. The van der Waals surface area contributed by atoms with Gasteiger partial charge in [-0.05, 0) is 12.1 Å². The SMILES string of the molecule is Nc1cc(Br)cc(C(F)(F)F)c1CO. The molecule has 14 heavy (non-hydrogen) atoms. The van der Waals surface area contributed by atoms with Crippen LogP contribution in [0.2, 0.25) is 0 Å². The van der Waals surface area contributed by atoms with Crippen LogP contribution < -0.4 is 5.73 Å². The summed E-state index contributed by atoms with van der Waals surface area (Å²) in [7, 11) is 0. The van der Waals surface area contributed by atoms with Gasteiger partial charge in [0, 0.05) is 15.7 Å². The molecule has 78 valence electrons. The first-order valence-corrected chi connectivity index (χ1v) is 4.41. The second kappa shape index (κ2) is 3.78. The average Bonchev–Trinajstić information content (AvgIpc) is 2.01. The second-order valence-corrected chi connectivity index (χ2v) is 3.59.